The molecule has 0 atom stereocenters. The zero-order chi connectivity index (χ0) is 24.4. The topological polar surface area (TPSA) is 224 Å². The Balaban J connectivity index is 1.73. The standard InChI is InChI=1S/C21H19N9O4/c1-9-26-15-17(27-9)29-21(34-11-4-2-3-10(7-11)28-20(24)25)30-18(15)33-12-5-6-13(16(22)23)14(8-12)19(31)32/h2-8H,1H3,(H3,22,23)(H,31,32)(H4,24,25,28)(H,26,27,29,30). The number of hydrogen-bond donors (Lipinski definition) is 6. The number of carboxylic acid groups (broad SMARTS) is 1. The van der Waals surface area contributed by atoms with Crippen molar-refractivity contribution >= 4 is 34.6 Å². The van der Waals surface area contributed by atoms with Gasteiger partial charge in [0.25, 0.3) is 5.88 Å². The maximum absolute atomic E-state index is 11.6. The van der Waals surface area contributed by atoms with Crippen LogP contribution >= 0.6 is 0 Å². The number of ether oxygens (including phenoxy) is 2. The van der Waals surface area contributed by atoms with Gasteiger partial charge in [-0.2, -0.15) is 9.97 Å². The molecule has 13 nitrogen and oxygen atoms in total. The summed E-state index contributed by atoms with van der Waals surface area (Å²) in [7, 11) is 0. The van der Waals surface area contributed by atoms with Crippen molar-refractivity contribution in [3.05, 3.63) is 59.4 Å². The van der Waals surface area contributed by atoms with Gasteiger partial charge in [-0.05, 0) is 37.3 Å². The Kier molecular flexibility index (Phi) is 5.66. The monoisotopic (exact) mass is 461 g/mol. The van der Waals surface area contributed by atoms with Gasteiger partial charge in [0.1, 0.15) is 28.7 Å². The zero-order valence-electron chi connectivity index (χ0n) is 17.7. The highest BCUT2D eigenvalue weighted by Crippen LogP contribution is 2.31. The summed E-state index contributed by atoms with van der Waals surface area (Å²) in [5, 5.41) is 17.0. The Morgan fingerprint density at radius 2 is 1.79 bits per heavy atom. The van der Waals surface area contributed by atoms with E-state index in [2.05, 4.69) is 24.9 Å². The second-order valence-electron chi connectivity index (χ2n) is 7.00. The van der Waals surface area contributed by atoms with Gasteiger partial charge < -0.3 is 36.8 Å². The number of nitrogens with zero attached hydrogens (tertiary/aromatic N) is 4. The molecule has 0 amide bonds. The van der Waals surface area contributed by atoms with Gasteiger partial charge in [-0.1, -0.05) is 6.07 Å². The van der Waals surface area contributed by atoms with E-state index >= 15 is 0 Å². The number of carboxylic acids is 1. The number of guanidine groups is 1. The minimum atomic E-state index is -1.26. The minimum absolute atomic E-state index is 0.0490. The molecule has 13 heteroatoms. The highest BCUT2D eigenvalue weighted by molar-refractivity contribution is 6.05. The van der Waals surface area contributed by atoms with E-state index in [0.29, 0.717) is 22.8 Å². The first-order chi connectivity index (χ1) is 16.2. The number of aromatic nitrogens is 4. The van der Waals surface area contributed by atoms with Crippen LogP contribution in [0.15, 0.2) is 47.5 Å². The minimum Gasteiger partial charge on any atom is -0.478 e. The van der Waals surface area contributed by atoms with Gasteiger partial charge in [-0.25, -0.2) is 14.8 Å². The van der Waals surface area contributed by atoms with Gasteiger partial charge in [0.15, 0.2) is 11.6 Å². The molecule has 2 aromatic heterocycles. The van der Waals surface area contributed by atoms with Crippen molar-refractivity contribution in [2.75, 3.05) is 0 Å². The summed E-state index contributed by atoms with van der Waals surface area (Å²) in [5.41, 5.74) is 17.3. The number of aliphatic imine (C=N–C) groups is 1. The van der Waals surface area contributed by atoms with Crippen LogP contribution in [0.25, 0.3) is 11.2 Å². The molecule has 2 heterocycles. The van der Waals surface area contributed by atoms with E-state index in [1.807, 2.05) is 0 Å². The molecule has 0 aliphatic heterocycles. The van der Waals surface area contributed by atoms with Crippen LogP contribution in [0.1, 0.15) is 21.7 Å². The van der Waals surface area contributed by atoms with E-state index in [1.165, 1.54) is 18.2 Å². The Morgan fingerprint density at radius 3 is 2.50 bits per heavy atom. The van der Waals surface area contributed by atoms with Crippen LogP contribution in [0.4, 0.5) is 5.69 Å². The first-order valence-electron chi connectivity index (χ1n) is 9.71. The summed E-state index contributed by atoms with van der Waals surface area (Å²) in [6, 6.07) is 10.6. The summed E-state index contributed by atoms with van der Waals surface area (Å²) in [5.74, 6) is -0.628. The van der Waals surface area contributed by atoms with Gasteiger partial charge in [-0.15, -0.1) is 0 Å². The number of rotatable bonds is 7. The molecule has 0 aliphatic carbocycles. The molecule has 4 aromatic rings. The summed E-state index contributed by atoms with van der Waals surface area (Å²) in [6.07, 6.45) is 0. The second kappa shape index (κ2) is 8.74. The smallest absolute Gasteiger partial charge is 0.336 e. The number of H-pyrrole nitrogens is 1. The number of fused-ring (bicyclic) bond motifs is 1. The molecule has 0 spiro atoms. The lowest BCUT2D eigenvalue weighted by atomic mass is 10.1. The Bertz CT molecular complexity index is 1460. The van der Waals surface area contributed by atoms with Crippen LogP contribution in [0.5, 0.6) is 23.4 Å². The van der Waals surface area contributed by atoms with Crippen molar-refractivity contribution < 1.29 is 19.4 Å². The van der Waals surface area contributed by atoms with Gasteiger partial charge in [-0.3, -0.25) is 5.41 Å². The lowest BCUT2D eigenvalue weighted by Crippen LogP contribution is -2.21. The van der Waals surface area contributed by atoms with Crippen molar-refractivity contribution in [2.45, 2.75) is 6.92 Å². The van der Waals surface area contributed by atoms with Crippen molar-refractivity contribution in [3.8, 4) is 23.4 Å². The molecule has 0 fully saturated rings. The lowest BCUT2D eigenvalue weighted by molar-refractivity contribution is 0.0696. The van der Waals surface area contributed by atoms with Crippen LogP contribution in [0.3, 0.4) is 0 Å². The summed E-state index contributed by atoms with van der Waals surface area (Å²) < 4.78 is 11.6. The third-order valence-corrected chi connectivity index (χ3v) is 4.43. The van der Waals surface area contributed by atoms with E-state index in [0.717, 1.165) is 0 Å². The number of nitrogens with one attached hydrogen (secondary N) is 2. The van der Waals surface area contributed by atoms with E-state index in [9.17, 15) is 9.90 Å². The Hall–Kier alpha value is -5.20. The summed E-state index contributed by atoms with van der Waals surface area (Å²) in [4.78, 5) is 31.5. The van der Waals surface area contributed by atoms with E-state index in [1.54, 1.807) is 31.2 Å². The number of imidazole rings is 1. The van der Waals surface area contributed by atoms with Crippen molar-refractivity contribution in [3.63, 3.8) is 0 Å². The molecule has 0 saturated carbocycles. The Labute approximate surface area is 191 Å². The first kappa shape index (κ1) is 22.0. The van der Waals surface area contributed by atoms with Gasteiger partial charge >= 0.3 is 12.0 Å². The molecule has 172 valence electrons. The Morgan fingerprint density at radius 1 is 1.03 bits per heavy atom. The largest absolute Gasteiger partial charge is 0.478 e. The molecule has 0 saturated heterocycles. The van der Waals surface area contributed by atoms with E-state index in [4.69, 9.17) is 32.1 Å². The predicted molar refractivity (Wildman–Crippen MR) is 123 cm³/mol. The number of benzene rings is 2. The fourth-order valence-corrected chi connectivity index (χ4v) is 3.07. The van der Waals surface area contributed by atoms with E-state index < -0.39 is 5.97 Å². The zero-order valence-corrected chi connectivity index (χ0v) is 17.7. The van der Waals surface area contributed by atoms with Gasteiger partial charge in [0.2, 0.25) is 0 Å². The third-order valence-electron chi connectivity index (χ3n) is 4.43. The number of aromatic carboxylic acids is 1. The SMILES string of the molecule is Cc1nc2nc(Oc3cccc(N=C(N)N)c3)nc(Oc3ccc(C(=N)N)c(C(=O)O)c3)c2[nH]1. The molecular formula is C21H19N9O4. The second-order valence-corrected chi connectivity index (χ2v) is 7.00. The van der Waals surface area contributed by atoms with Crippen molar-refractivity contribution in [2.24, 2.45) is 22.2 Å². The lowest BCUT2D eigenvalue weighted by Gasteiger charge is -2.10. The fourth-order valence-electron chi connectivity index (χ4n) is 3.07. The maximum atomic E-state index is 11.6. The van der Waals surface area contributed by atoms with E-state index in [-0.39, 0.29) is 46.2 Å². The van der Waals surface area contributed by atoms with Crippen LogP contribution in [-0.2, 0) is 0 Å². The molecule has 34 heavy (non-hydrogen) atoms. The van der Waals surface area contributed by atoms with Gasteiger partial charge in [0, 0.05) is 11.6 Å². The van der Waals surface area contributed by atoms with Crippen LogP contribution in [0.2, 0.25) is 0 Å². The quantitative estimate of drug-likeness (QED) is 0.173. The first-order valence-corrected chi connectivity index (χ1v) is 9.71. The number of carbonyl (C=O) groups is 1. The number of aromatic amines is 1. The molecule has 0 aliphatic rings. The number of hydrogen-bond acceptors (Lipinski definition) is 8. The molecule has 0 unspecified atom stereocenters. The van der Waals surface area contributed by atoms with Crippen molar-refractivity contribution in [1.82, 2.24) is 19.9 Å². The highest BCUT2D eigenvalue weighted by Gasteiger charge is 2.18. The molecular weight excluding hydrogens is 442 g/mol. The number of nitrogen functional groups attached to an aromatic ring is 1. The number of aryl methyl sites for hydroxylation is 1. The third kappa shape index (κ3) is 4.67. The fraction of sp³-hybridized carbons (Fsp3) is 0.0476. The highest BCUT2D eigenvalue weighted by atomic mass is 16.5. The number of amidine groups is 1. The van der Waals surface area contributed by atoms with Crippen molar-refractivity contribution in [1.29, 1.82) is 5.41 Å². The molecule has 0 bridgehead atoms. The average molecular weight is 461 g/mol. The number of nitrogens with two attached hydrogens (primary N) is 3. The normalized spacial score (nSPS) is 10.6. The van der Waals surface area contributed by atoms with Gasteiger partial charge in [0.05, 0.1) is 11.3 Å². The summed E-state index contributed by atoms with van der Waals surface area (Å²) >= 11 is 0. The summed E-state index contributed by atoms with van der Waals surface area (Å²) in [6.45, 7) is 1.73. The molecule has 9 N–H and O–H groups in total. The maximum Gasteiger partial charge on any atom is 0.336 e. The van der Waals surface area contributed by atoms with Crippen LogP contribution in [-0.4, -0.2) is 42.8 Å². The predicted octanol–water partition coefficient (Wildman–Crippen LogP) is 2.13. The molecule has 2 aromatic carbocycles. The molecule has 0 radical (unpaired) electrons. The van der Waals surface area contributed by atoms with Crippen LogP contribution in [0, 0.1) is 12.3 Å². The molecule has 4 rings (SSSR count). The average Bonchev–Trinajstić information content (AvgIpc) is 3.13. The van der Waals surface area contributed by atoms with Crippen LogP contribution < -0.4 is 26.7 Å².